The smallest absolute Gasteiger partial charge is 0.459 e. The standard InChI is InChI=1S/C23H21F3N2O5S/c1-14(2)32-22(29)19-13-28(12-11-18-17-5-3-4-6-20(17)27-21(18)19)34(30,31)16-9-7-15(8-10-16)33-23(24,25)26/h3-10,13-14,27H,11-12H2,1-2H3. The number of rotatable bonds is 5. The first-order chi connectivity index (χ1) is 16.0. The Bertz CT molecular complexity index is 1360. The lowest BCUT2D eigenvalue weighted by atomic mass is 10.0. The van der Waals surface area contributed by atoms with Gasteiger partial charge in [-0.05, 0) is 56.2 Å². The van der Waals surface area contributed by atoms with Crippen molar-refractivity contribution < 1.29 is 35.9 Å². The minimum Gasteiger partial charge on any atom is -0.459 e. The highest BCUT2D eigenvalue weighted by atomic mass is 32.2. The fraction of sp³-hybridized carbons (Fsp3) is 0.261. The zero-order valence-electron chi connectivity index (χ0n) is 18.2. The first-order valence-electron chi connectivity index (χ1n) is 10.4. The molecule has 1 aromatic heterocycles. The van der Waals surface area contributed by atoms with Crippen molar-refractivity contribution in [3.63, 3.8) is 0 Å². The number of aromatic nitrogens is 1. The number of carbonyl (C=O) groups excluding carboxylic acids is 1. The number of benzene rings is 2. The van der Waals surface area contributed by atoms with Crippen molar-refractivity contribution in [1.82, 2.24) is 9.29 Å². The summed E-state index contributed by atoms with van der Waals surface area (Å²) in [5.41, 5.74) is 2.08. The molecule has 1 aliphatic heterocycles. The second-order valence-electron chi connectivity index (χ2n) is 7.91. The average Bonchev–Trinajstić information content (AvgIpc) is 2.99. The molecule has 0 unspecified atom stereocenters. The first kappa shape index (κ1) is 23.7. The molecule has 0 bridgehead atoms. The predicted octanol–water partition coefficient (Wildman–Crippen LogP) is 4.61. The maximum atomic E-state index is 13.3. The van der Waals surface area contributed by atoms with Gasteiger partial charge in [0.15, 0.2) is 0 Å². The van der Waals surface area contributed by atoms with E-state index in [1.54, 1.807) is 13.8 Å². The summed E-state index contributed by atoms with van der Waals surface area (Å²) in [7, 11) is -4.19. The molecule has 0 fully saturated rings. The van der Waals surface area contributed by atoms with Crippen molar-refractivity contribution in [1.29, 1.82) is 0 Å². The van der Waals surface area contributed by atoms with Crippen LogP contribution in [0.3, 0.4) is 0 Å². The van der Waals surface area contributed by atoms with Gasteiger partial charge in [-0.3, -0.25) is 4.31 Å². The number of aromatic amines is 1. The third-order valence-corrected chi connectivity index (χ3v) is 6.94. The molecule has 0 amide bonds. The summed E-state index contributed by atoms with van der Waals surface area (Å²) in [6.07, 6.45) is -3.82. The fourth-order valence-electron chi connectivity index (χ4n) is 3.76. The Labute approximate surface area is 193 Å². The number of ether oxygens (including phenoxy) is 2. The lowest BCUT2D eigenvalue weighted by molar-refractivity contribution is -0.274. The molecule has 0 saturated carbocycles. The summed E-state index contributed by atoms with van der Waals surface area (Å²) < 4.78 is 74.1. The van der Waals surface area contributed by atoms with Gasteiger partial charge in [0.2, 0.25) is 0 Å². The number of para-hydroxylation sites is 1. The van der Waals surface area contributed by atoms with Crippen LogP contribution >= 0.6 is 0 Å². The fourth-order valence-corrected chi connectivity index (χ4v) is 5.08. The van der Waals surface area contributed by atoms with Gasteiger partial charge >= 0.3 is 12.3 Å². The van der Waals surface area contributed by atoms with Crippen LogP contribution in [0.4, 0.5) is 13.2 Å². The Morgan fingerprint density at radius 2 is 1.76 bits per heavy atom. The Balaban J connectivity index is 1.75. The van der Waals surface area contributed by atoms with Crippen LogP contribution < -0.4 is 4.74 Å². The van der Waals surface area contributed by atoms with Crippen LogP contribution in [0.15, 0.2) is 59.6 Å². The van der Waals surface area contributed by atoms with E-state index in [0.29, 0.717) is 12.1 Å². The summed E-state index contributed by atoms with van der Waals surface area (Å²) in [5.74, 6) is -1.24. The van der Waals surface area contributed by atoms with Gasteiger partial charge in [0, 0.05) is 23.6 Å². The van der Waals surface area contributed by atoms with E-state index < -0.39 is 34.2 Å². The van der Waals surface area contributed by atoms with E-state index in [4.69, 9.17) is 4.74 Å². The Kier molecular flexibility index (Phi) is 6.07. The topological polar surface area (TPSA) is 88.7 Å². The number of H-pyrrole nitrogens is 1. The quantitative estimate of drug-likeness (QED) is 0.524. The molecular formula is C23H21F3N2O5S. The number of esters is 1. The minimum atomic E-state index is -4.89. The SMILES string of the molecule is CC(C)OC(=O)C1=CN(S(=O)(=O)c2ccc(OC(F)(F)F)cc2)CCc2c1[nH]c1ccccc21. The summed E-state index contributed by atoms with van der Waals surface area (Å²) >= 11 is 0. The zero-order chi connectivity index (χ0) is 24.7. The number of sulfonamides is 1. The van der Waals surface area contributed by atoms with Crippen LogP contribution in [0.5, 0.6) is 5.75 Å². The monoisotopic (exact) mass is 494 g/mol. The Morgan fingerprint density at radius 3 is 2.41 bits per heavy atom. The van der Waals surface area contributed by atoms with Gasteiger partial charge in [-0.2, -0.15) is 0 Å². The van der Waals surface area contributed by atoms with Crippen molar-refractivity contribution >= 4 is 32.5 Å². The normalized spacial score (nSPS) is 14.5. The van der Waals surface area contributed by atoms with E-state index in [1.807, 2.05) is 24.3 Å². The zero-order valence-corrected chi connectivity index (χ0v) is 19.0. The molecule has 0 saturated heterocycles. The molecule has 2 aromatic carbocycles. The Hall–Kier alpha value is -3.47. The number of fused-ring (bicyclic) bond motifs is 3. The molecule has 7 nitrogen and oxygen atoms in total. The Morgan fingerprint density at radius 1 is 1.09 bits per heavy atom. The van der Waals surface area contributed by atoms with E-state index in [1.165, 1.54) is 6.20 Å². The van der Waals surface area contributed by atoms with Gasteiger partial charge < -0.3 is 14.5 Å². The number of halogens is 3. The molecule has 1 aliphatic rings. The lowest BCUT2D eigenvalue weighted by Crippen LogP contribution is -2.28. The highest BCUT2D eigenvalue weighted by Gasteiger charge is 2.33. The molecule has 0 aliphatic carbocycles. The maximum absolute atomic E-state index is 13.3. The third kappa shape index (κ3) is 4.74. The molecule has 0 spiro atoms. The highest BCUT2D eigenvalue weighted by molar-refractivity contribution is 7.89. The van der Waals surface area contributed by atoms with Crippen molar-refractivity contribution in [3.05, 3.63) is 66.0 Å². The van der Waals surface area contributed by atoms with Gasteiger partial charge in [-0.1, -0.05) is 18.2 Å². The van der Waals surface area contributed by atoms with E-state index in [-0.39, 0.29) is 17.0 Å². The largest absolute Gasteiger partial charge is 0.573 e. The van der Waals surface area contributed by atoms with Crippen molar-refractivity contribution in [2.75, 3.05) is 6.54 Å². The predicted molar refractivity (Wildman–Crippen MR) is 118 cm³/mol. The second-order valence-corrected chi connectivity index (χ2v) is 9.80. The van der Waals surface area contributed by atoms with E-state index in [9.17, 15) is 26.4 Å². The first-order valence-corrected chi connectivity index (χ1v) is 11.8. The van der Waals surface area contributed by atoms with Crippen molar-refractivity contribution in [2.24, 2.45) is 0 Å². The third-order valence-electron chi connectivity index (χ3n) is 5.16. The van der Waals surface area contributed by atoms with Crippen LogP contribution in [0.2, 0.25) is 0 Å². The molecule has 1 N–H and O–H groups in total. The number of nitrogens with one attached hydrogen (secondary N) is 1. The van der Waals surface area contributed by atoms with E-state index in [2.05, 4.69) is 9.72 Å². The van der Waals surface area contributed by atoms with Gasteiger partial charge in [0.25, 0.3) is 10.0 Å². The molecule has 4 rings (SSSR count). The van der Waals surface area contributed by atoms with Gasteiger partial charge in [-0.15, -0.1) is 13.2 Å². The van der Waals surface area contributed by atoms with Crippen molar-refractivity contribution in [3.8, 4) is 5.75 Å². The molecule has 180 valence electrons. The minimum absolute atomic E-state index is 0.0104. The van der Waals surface area contributed by atoms with Gasteiger partial charge in [0.05, 0.1) is 16.7 Å². The van der Waals surface area contributed by atoms with Crippen LogP contribution in [-0.2, 0) is 26.0 Å². The molecular weight excluding hydrogens is 473 g/mol. The molecule has 2 heterocycles. The lowest BCUT2D eigenvalue weighted by Gasteiger charge is -2.20. The summed E-state index contributed by atoms with van der Waals surface area (Å²) in [5, 5.41) is 0.855. The maximum Gasteiger partial charge on any atom is 0.573 e. The van der Waals surface area contributed by atoms with E-state index >= 15 is 0 Å². The average molecular weight is 494 g/mol. The van der Waals surface area contributed by atoms with Crippen LogP contribution in [0.1, 0.15) is 25.1 Å². The van der Waals surface area contributed by atoms with E-state index in [0.717, 1.165) is 45.0 Å². The number of hydrogen-bond donors (Lipinski definition) is 1. The van der Waals surface area contributed by atoms with Crippen LogP contribution in [0, 0.1) is 0 Å². The number of nitrogens with zero attached hydrogens (tertiary/aromatic N) is 1. The van der Waals surface area contributed by atoms with Crippen LogP contribution in [0.25, 0.3) is 16.5 Å². The number of carbonyl (C=O) groups is 1. The number of hydrogen-bond acceptors (Lipinski definition) is 5. The molecule has 0 radical (unpaired) electrons. The van der Waals surface area contributed by atoms with Crippen LogP contribution in [-0.4, -0.2) is 42.7 Å². The molecule has 3 aromatic rings. The van der Waals surface area contributed by atoms with Crippen molar-refractivity contribution in [2.45, 2.75) is 37.6 Å². The number of alkyl halides is 3. The summed E-state index contributed by atoms with van der Waals surface area (Å²) in [4.78, 5) is 15.9. The highest BCUT2D eigenvalue weighted by Crippen LogP contribution is 2.33. The summed E-state index contributed by atoms with van der Waals surface area (Å²) in [6.45, 7) is 3.37. The summed E-state index contributed by atoms with van der Waals surface area (Å²) in [6, 6.07) is 11.3. The molecule has 0 atom stereocenters. The second kappa shape index (κ2) is 8.71. The molecule has 34 heavy (non-hydrogen) atoms. The van der Waals surface area contributed by atoms with Gasteiger partial charge in [0.1, 0.15) is 11.3 Å². The van der Waals surface area contributed by atoms with Gasteiger partial charge in [-0.25, -0.2) is 13.2 Å². The molecule has 11 heteroatoms.